The van der Waals surface area contributed by atoms with Crippen LogP contribution >= 0.6 is 15.9 Å². The molecule has 104 valence electrons. The lowest BCUT2D eigenvalue weighted by molar-refractivity contribution is 0.0472. The van der Waals surface area contributed by atoms with Gasteiger partial charge in [-0.05, 0) is 50.5 Å². The molecule has 0 aliphatic carbocycles. The third kappa shape index (κ3) is 3.14. The molecule has 0 spiro atoms. The predicted octanol–water partition coefficient (Wildman–Crippen LogP) is 4.96. The van der Waals surface area contributed by atoms with Gasteiger partial charge in [0, 0.05) is 4.47 Å². The number of hydrogen-bond donors (Lipinski definition) is 0. The van der Waals surface area contributed by atoms with Crippen LogP contribution in [0.2, 0.25) is 0 Å². The minimum absolute atomic E-state index is 0.269. The average molecular weight is 341 g/mol. The normalized spacial score (nSPS) is 10.5. The van der Waals surface area contributed by atoms with Gasteiger partial charge < -0.3 is 4.74 Å². The molecule has 3 heteroatoms. The topological polar surface area (TPSA) is 26.3 Å². The molecule has 3 rings (SSSR count). The Morgan fingerprint density at radius 3 is 2.43 bits per heavy atom. The fraction of sp³-hybridized carbons (Fsp3) is 0.0556. The maximum Gasteiger partial charge on any atom is 0.339 e. The standard InChI is InChI=1S/C18H13BrO2/c19-17-8-4-3-7-16(17)18(20)21-12-13-9-10-14-5-1-2-6-15(14)11-13/h1-11H,12H2. The minimum Gasteiger partial charge on any atom is -0.457 e. The number of hydrogen-bond acceptors (Lipinski definition) is 2. The summed E-state index contributed by atoms with van der Waals surface area (Å²) in [4.78, 5) is 12.1. The summed E-state index contributed by atoms with van der Waals surface area (Å²) < 4.78 is 6.12. The summed E-state index contributed by atoms with van der Waals surface area (Å²) in [6.07, 6.45) is 0. The highest BCUT2D eigenvalue weighted by molar-refractivity contribution is 9.10. The first-order valence-corrected chi connectivity index (χ1v) is 7.43. The molecule has 0 heterocycles. The molecular weight excluding hydrogens is 328 g/mol. The van der Waals surface area contributed by atoms with E-state index in [1.54, 1.807) is 6.07 Å². The van der Waals surface area contributed by atoms with Crippen LogP contribution in [0.25, 0.3) is 10.8 Å². The van der Waals surface area contributed by atoms with E-state index < -0.39 is 0 Å². The van der Waals surface area contributed by atoms with Crippen molar-refractivity contribution in [3.63, 3.8) is 0 Å². The van der Waals surface area contributed by atoms with Crippen molar-refractivity contribution < 1.29 is 9.53 Å². The Morgan fingerprint density at radius 1 is 0.905 bits per heavy atom. The number of carbonyl (C=O) groups is 1. The van der Waals surface area contributed by atoms with E-state index in [2.05, 4.69) is 28.1 Å². The molecule has 0 bridgehead atoms. The van der Waals surface area contributed by atoms with Crippen LogP contribution in [0.3, 0.4) is 0 Å². The molecule has 2 nitrogen and oxygen atoms in total. The zero-order chi connectivity index (χ0) is 14.7. The third-order valence-electron chi connectivity index (χ3n) is 3.28. The van der Waals surface area contributed by atoms with E-state index in [1.807, 2.05) is 48.5 Å². The lowest BCUT2D eigenvalue weighted by Gasteiger charge is -2.07. The zero-order valence-electron chi connectivity index (χ0n) is 11.3. The Morgan fingerprint density at radius 2 is 1.62 bits per heavy atom. The summed E-state index contributed by atoms with van der Waals surface area (Å²) in [5.74, 6) is -0.323. The van der Waals surface area contributed by atoms with Gasteiger partial charge in [-0.1, -0.05) is 48.5 Å². The molecule has 0 saturated heterocycles. The summed E-state index contributed by atoms with van der Waals surface area (Å²) in [5.41, 5.74) is 1.52. The van der Waals surface area contributed by atoms with E-state index in [0.29, 0.717) is 5.56 Å². The molecular formula is C18H13BrO2. The molecule has 0 fully saturated rings. The zero-order valence-corrected chi connectivity index (χ0v) is 12.8. The van der Waals surface area contributed by atoms with Crippen molar-refractivity contribution in [2.24, 2.45) is 0 Å². The SMILES string of the molecule is O=C(OCc1ccc2ccccc2c1)c1ccccc1Br. The second-order valence-electron chi connectivity index (χ2n) is 4.74. The van der Waals surface area contributed by atoms with Crippen molar-refractivity contribution >= 4 is 32.7 Å². The number of carbonyl (C=O) groups excluding carboxylic acids is 1. The Labute approximate surface area is 131 Å². The van der Waals surface area contributed by atoms with Crippen molar-refractivity contribution in [2.45, 2.75) is 6.61 Å². The van der Waals surface area contributed by atoms with E-state index in [0.717, 1.165) is 15.4 Å². The summed E-state index contributed by atoms with van der Waals surface area (Å²) in [6, 6.07) is 21.4. The first-order valence-electron chi connectivity index (χ1n) is 6.63. The van der Waals surface area contributed by atoms with Crippen LogP contribution in [0.4, 0.5) is 0 Å². The van der Waals surface area contributed by atoms with E-state index in [-0.39, 0.29) is 12.6 Å². The number of halogens is 1. The maximum atomic E-state index is 12.1. The van der Waals surface area contributed by atoms with Crippen molar-refractivity contribution in [3.8, 4) is 0 Å². The third-order valence-corrected chi connectivity index (χ3v) is 3.97. The van der Waals surface area contributed by atoms with Gasteiger partial charge in [-0.15, -0.1) is 0 Å². The number of ether oxygens (including phenoxy) is 1. The second kappa shape index (κ2) is 6.10. The quantitative estimate of drug-likeness (QED) is 0.630. The molecule has 0 aromatic heterocycles. The molecule has 3 aromatic rings. The molecule has 21 heavy (non-hydrogen) atoms. The molecule has 0 aliphatic rings. The summed E-state index contributed by atoms with van der Waals surface area (Å²) in [6.45, 7) is 0.269. The lowest BCUT2D eigenvalue weighted by atomic mass is 10.1. The van der Waals surface area contributed by atoms with Gasteiger partial charge in [0.1, 0.15) is 6.61 Å². The highest BCUT2D eigenvalue weighted by atomic mass is 79.9. The van der Waals surface area contributed by atoms with Gasteiger partial charge in [0.05, 0.1) is 5.56 Å². The largest absolute Gasteiger partial charge is 0.457 e. The van der Waals surface area contributed by atoms with Gasteiger partial charge in [0.15, 0.2) is 0 Å². The molecule has 0 atom stereocenters. The van der Waals surface area contributed by atoms with E-state index in [1.165, 1.54) is 5.39 Å². The Bertz CT molecular complexity index is 796. The van der Waals surface area contributed by atoms with Crippen LogP contribution in [0.1, 0.15) is 15.9 Å². The molecule has 0 unspecified atom stereocenters. The first kappa shape index (κ1) is 13.8. The van der Waals surface area contributed by atoms with Crippen LogP contribution in [0, 0.1) is 0 Å². The molecule has 0 radical (unpaired) electrons. The maximum absolute atomic E-state index is 12.1. The monoisotopic (exact) mass is 340 g/mol. The Balaban J connectivity index is 1.74. The van der Waals surface area contributed by atoms with Crippen LogP contribution in [-0.4, -0.2) is 5.97 Å². The second-order valence-corrected chi connectivity index (χ2v) is 5.59. The lowest BCUT2D eigenvalue weighted by Crippen LogP contribution is -2.05. The van der Waals surface area contributed by atoms with Crippen LogP contribution in [0.15, 0.2) is 71.2 Å². The van der Waals surface area contributed by atoms with E-state index in [4.69, 9.17) is 4.74 Å². The highest BCUT2D eigenvalue weighted by Crippen LogP contribution is 2.19. The fourth-order valence-corrected chi connectivity index (χ4v) is 2.63. The molecule has 3 aromatic carbocycles. The van der Waals surface area contributed by atoms with E-state index >= 15 is 0 Å². The van der Waals surface area contributed by atoms with Gasteiger partial charge in [0.2, 0.25) is 0 Å². The summed E-state index contributed by atoms with van der Waals surface area (Å²) in [5, 5.41) is 2.32. The van der Waals surface area contributed by atoms with E-state index in [9.17, 15) is 4.79 Å². The molecule has 0 N–H and O–H groups in total. The molecule has 0 aliphatic heterocycles. The molecule has 0 saturated carbocycles. The predicted molar refractivity (Wildman–Crippen MR) is 87.2 cm³/mol. The molecule has 0 amide bonds. The number of rotatable bonds is 3. The van der Waals surface area contributed by atoms with Crippen molar-refractivity contribution in [1.29, 1.82) is 0 Å². The minimum atomic E-state index is -0.323. The van der Waals surface area contributed by atoms with Gasteiger partial charge in [-0.3, -0.25) is 0 Å². The summed E-state index contributed by atoms with van der Waals surface area (Å²) >= 11 is 3.35. The van der Waals surface area contributed by atoms with Gasteiger partial charge in [-0.2, -0.15) is 0 Å². The van der Waals surface area contributed by atoms with Crippen LogP contribution in [-0.2, 0) is 11.3 Å². The number of benzene rings is 3. The number of fused-ring (bicyclic) bond motifs is 1. The fourth-order valence-electron chi connectivity index (χ4n) is 2.18. The van der Waals surface area contributed by atoms with Crippen molar-refractivity contribution in [3.05, 3.63) is 82.3 Å². The average Bonchev–Trinajstić information content (AvgIpc) is 2.53. The first-order chi connectivity index (χ1) is 10.2. The Kier molecular flexibility index (Phi) is 4.02. The van der Waals surface area contributed by atoms with Crippen LogP contribution < -0.4 is 0 Å². The van der Waals surface area contributed by atoms with Crippen LogP contribution in [0.5, 0.6) is 0 Å². The van der Waals surface area contributed by atoms with Crippen molar-refractivity contribution in [2.75, 3.05) is 0 Å². The van der Waals surface area contributed by atoms with Gasteiger partial charge >= 0.3 is 5.97 Å². The Hall–Kier alpha value is -2.13. The van der Waals surface area contributed by atoms with Gasteiger partial charge in [-0.25, -0.2) is 4.79 Å². The van der Waals surface area contributed by atoms with Gasteiger partial charge in [0.25, 0.3) is 0 Å². The number of esters is 1. The summed E-state index contributed by atoms with van der Waals surface area (Å²) in [7, 11) is 0. The highest BCUT2D eigenvalue weighted by Gasteiger charge is 2.10. The van der Waals surface area contributed by atoms with Crippen molar-refractivity contribution in [1.82, 2.24) is 0 Å². The smallest absolute Gasteiger partial charge is 0.339 e.